The third-order valence-electron chi connectivity index (χ3n) is 5.20. The van der Waals surface area contributed by atoms with Gasteiger partial charge in [0.2, 0.25) is 5.95 Å². The highest BCUT2D eigenvalue weighted by molar-refractivity contribution is 7.92. The fourth-order valence-electron chi connectivity index (χ4n) is 3.65. The van der Waals surface area contributed by atoms with E-state index in [1.807, 2.05) is 19.9 Å². The van der Waals surface area contributed by atoms with Crippen LogP contribution in [-0.4, -0.2) is 41.3 Å². The van der Waals surface area contributed by atoms with Gasteiger partial charge in [0.25, 0.3) is 10.0 Å². The number of nitrogens with zero attached hydrogens (tertiary/aromatic N) is 5. The van der Waals surface area contributed by atoms with Crippen LogP contribution in [-0.2, 0) is 16.6 Å². The highest BCUT2D eigenvalue weighted by Gasteiger charge is 2.24. The van der Waals surface area contributed by atoms with E-state index in [4.69, 9.17) is 0 Å². The minimum atomic E-state index is -3.75. The quantitative estimate of drug-likeness (QED) is 0.500. The van der Waals surface area contributed by atoms with Gasteiger partial charge in [-0.2, -0.15) is 10.1 Å². The van der Waals surface area contributed by atoms with Gasteiger partial charge in [0.05, 0.1) is 11.4 Å². The summed E-state index contributed by atoms with van der Waals surface area (Å²) in [4.78, 5) is 11.4. The normalized spacial score (nSPS) is 11.4. The number of aromatic nitrogens is 4. The van der Waals surface area contributed by atoms with E-state index in [1.165, 1.54) is 0 Å². The first kappa shape index (κ1) is 23.5. The van der Waals surface area contributed by atoms with Crippen LogP contribution in [0.3, 0.4) is 0 Å². The van der Waals surface area contributed by atoms with Gasteiger partial charge in [-0.05, 0) is 65.8 Å². The van der Waals surface area contributed by atoms with Crippen LogP contribution in [0.2, 0.25) is 0 Å². The molecule has 0 atom stereocenters. The number of anilines is 4. The van der Waals surface area contributed by atoms with E-state index in [1.54, 1.807) is 42.8 Å². The maximum Gasteiger partial charge on any atom is 0.265 e. The van der Waals surface area contributed by atoms with E-state index in [-0.39, 0.29) is 4.90 Å². The third kappa shape index (κ3) is 5.01. The molecule has 2 heterocycles. The van der Waals surface area contributed by atoms with Crippen LogP contribution in [0.25, 0.3) is 0 Å². The Bertz CT molecular complexity index is 1180. The maximum absolute atomic E-state index is 12.9. The van der Waals surface area contributed by atoms with Gasteiger partial charge in [-0.25, -0.2) is 13.4 Å². The molecule has 2 aromatic heterocycles. The van der Waals surface area contributed by atoms with Crippen LogP contribution in [0.15, 0.2) is 35.2 Å². The molecule has 3 rings (SSSR count). The molecule has 2 N–H and O–H groups in total. The molecular weight excluding hydrogens is 426 g/mol. The van der Waals surface area contributed by atoms with Crippen molar-refractivity contribution in [1.29, 1.82) is 0 Å². The molecule has 0 fully saturated rings. The molecule has 32 heavy (non-hydrogen) atoms. The first-order valence-electron chi connectivity index (χ1n) is 10.7. The van der Waals surface area contributed by atoms with Crippen LogP contribution in [0.5, 0.6) is 0 Å². The van der Waals surface area contributed by atoms with Gasteiger partial charge in [-0.3, -0.25) is 9.40 Å². The molecule has 0 amide bonds. The molecule has 9 nitrogen and oxygen atoms in total. The summed E-state index contributed by atoms with van der Waals surface area (Å²) in [6, 6.07) is 8.94. The van der Waals surface area contributed by atoms with E-state index in [0.717, 1.165) is 30.3 Å². The van der Waals surface area contributed by atoms with Gasteiger partial charge < -0.3 is 10.2 Å². The monoisotopic (exact) mass is 457 g/mol. The number of aryl methyl sites for hydroxylation is 3. The van der Waals surface area contributed by atoms with Gasteiger partial charge in [-0.15, -0.1) is 0 Å². The lowest BCUT2D eigenvalue weighted by atomic mass is 10.3. The van der Waals surface area contributed by atoms with Gasteiger partial charge in [0.15, 0.2) is 0 Å². The van der Waals surface area contributed by atoms with Crippen molar-refractivity contribution in [3.8, 4) is 0 Å². The number of nitrogens with one attached hydrogen (secondary N) is 2. The SMILES string of the molecule is CCN(CC)c1cc(C)nc(Nc2ccc(NS(=O)(=O)c3c(C)nn(CC)c3C)cc2)n1. The van der Waals surface area contributed by atoms with Crippen molar-refractivity contribution in [3.05, 3.63) is 47.4 Å². The van der Waals surface area contributed by atoms with Crippen molar-refractivity contribution in [2.45, 2.75) is 53.0 Å². The lowest BCUT2D eigenvalue weighted by molar-refractivity contribution is 0.598. The Hall–Kier alpha value is -3.14. The molecule has 0 aliphatic carbocycles. The standard InChI is InChI=1S/C22H31N7O2S/c1-7-28(8-2)20-14-15(4)23-22(25-20)24-18-10-12-19(13-11-18)27-32(30,31)21-16(5)26-29(9-3)17(21)6/h10-14,27H,7-9H2,1-6H3,(H,23,24,25). The van der Waals surface area contributed by atoms with Gasteiger partial charge in [0.1, 0.15) is 10.7 Å². The predicted octanol–water partition coefficient (Wildman–Crippen LogP) is 4.01. The third-order valence-corrected chi connectivity index (χ3v) is 6.84. The Morgan fingerprint density at radius 2 is 1.59 bits per heavy atom. The zero-order valence-corrected chi connectivity index (χ0v) is 20.3. The molecule has 0 saturated carbocycles. The van der Waals surface area contributed by atoms with Crippen LogP contribution in [0, 0.1) is 20.8 Å². The summed E-state index contributed by atoms with van der Waals surface area (Å²) in [6.45, 7) is 13.8. The van der Waals surface area contributed by atoms with Crippen molar-refractivity contribution in [1.82, 2.24) is 19.7 Å². The average molecular weight is 458 g/mol. The molecular formula is C22H31N7O2S. The van der Waals surface area contributed by atoms with Crippen molar-refractivity contribution >= 4 is 33.2 Å². The summed E-state index contributed by atoms with van der Waals surface area (Å²) >= 11 is 0. The lowest BCUT2D eigenvalue weighted by Crippen LogP contribution is -2.23. The van der Waals surface area contributed by atoms with Crippen molar-refractivity contribution in [3.63, 3.8) is 0 Å². The number of sulfonamides is 1. The topological polar surface area (TPSA) is 105 Å². The fraction of sp³-hybridized carbons (Fsp3) is 0.409. The highest BCUT2D eigenvalue weighted by Crippen LogP contribution is 2.24. The largest absolute Gasteiger partial charge is 0.357 e. The number of hydrogen-bond acceptors (Lipinski definition) is 7. The highest BCUT2D eigenvalue weighted by atomic mass is 32.2. The van der Waals surface area contributed by atoms with Crippen LogP contribution in [0.4, 0.5) is 23.1 Å². The minimum absolute atomic E-state index is 0.221. The Morgan fingerprint density at radius 3 is 2.16 bits per heavy atom. The zero-order valence-electron chi connectivity index (χ0n) is 19.5. The molecule has 3 aromatic rings. The van der Waals surface area contributed by atoms with E-state index in [2.05, 4.69) is 43.9 Å². The van der Waals surface area contributed by atoms with Gasteiger partial charge >= 0.3 is 0 Å². The Morgan fingerprint density at radius 1 is 0.969 bits per heavy atom. The number of benzene rings is 1. The second-order valence-electron chi connectivity index (χ2n) is 7.49. The molecule has 172 valence electrons. The van der Waals surface area contributed by atoms with E-state index >= 15 is 0 Å². The smallest absolute Gasteiger partial charge is 0.265 e. The summed E-state index contributed by atoms with van der Waals surface area (Å²) in [5.74, 6) is 1.37. The molecule has 0 aliphatic heterocycles. The maximum atomic E-state index is 12.9. The van der Waals surface area contributed by atoms with Gasteiger partial charge in [0, 0.05) is 42.8 Å². The van der Waals surface area contributed by atoms with Crippen LogP contribution < -0.4 is 14.9 Å². The van der Waals surface area contributed by atoms with E-state index < -0.39 is 10.0 Å². The molecule has 0 unspecified atom stereocenters. The van der Waals surface area contributed by atoms with Gasteiger partial charge in [-0.1, -0.05) is 0 Å². The predicted molar refractivity (Wildman–Crippen MR) is 128 cm³/mol. The fourth-order valence-corrected chi connectivity index (χ4v) is 5.12. The van der Waals surface area contributed by atoms with Crippen LogP contribution in [0.1, 0.15) is 37.9 Å². The van der Waals surface area contributed by atoms with Crippen molar-refractivity contribution in [2.75, 3.05) is 28.0 Å². The summed E-state index contributed by atoms with van der Waals surface area (Å²) in [5.41, 5.74) is 3.20. The summed E-state index contributed by atoms with van der Waals surface area (Å²) in [7, 11) is -3.75. The summed E-state index contributed by atoms with van der Waals surface area (Å²) in [5, 5.41) is 7.51. The van der Waals surface area contributed by atoms with Crippen molar-refractivity contribution in [2.24, 2.45) is 0 Å². The second kappa shape index (κ2) is 9.56. The lowest BCUT2D eigenvalue weighted by Gasteiger charge is -2.20. The summed E-state index contributed by atoms with van der Waals surface area (Å²) in [6.07, 6.45) is 0. The van der Waals surface area contributed by atoms with E-state index in [0.29, 0.717) is 29.6 Å². The summed E-state index contributed by atoms with van der Waals surface area (Å²) < 4.78 is 30.2. The molecule has 0 spiro atoms. The molecule has 1 aromatic carbocycles. The Labute approximate surface area is 189 Å². The zero-order chi connectivity index (χ0) is 23.5. The minimum Gasteiger partial charge on any atom is -0.357 e. The van der Waals surface area contributed by atoms with Crippen molar-refractivity contribution < 1.29 is 8.42 Å². The molecule has 0 aliphatic rings. The molecule has 10 heteroatoms. The first-order valence-corrected chi connectivity index (χ1v) is 12.2. The average Bonchev–Trinajstić information content (AvgIpc) is 3.04. The van der Waals surface area contributed by atoms with E-state index in [9.17, 15) is 8.42 Å². The Kier molecular flexibility index (Phi) is 7.02. The second-order valence-corrected chi connectivity index (χ2v) is 9.11. The van der Waals surface area contributed by atoms with Crippen LogP contribution >= 0.6 is 0 Å². The molecule has 0 radical (unpaired) electrons. The Balaban J connectivity index is 1.78. The number of rotatable bonds is 9. The molecule has 0 saturated heterocycles. The first-order chi connectivity index (χ1) is 15.2. The number of hydrogen-bond donors (Lipinski definition) is 2. The molecule has 0 bridgehead atoms.